The Hall–Kier alpha value is -3.06. The number of carbonyl (C=O) groups is 2. The van der Waals surface area contributed by atoms with Gasteiger partial charge in [0.05, 0.1) is 25.2 Å². The summed E-state index contributed by atoms with van der Waals surface area (Å²) in [5.74, 6) is 1.69. The number of carbonyl (C=O) groups excluding carboxylic acids is 2. The van der Waals surface area contributed by atoms with Crippen LogP contribution in [0, 0.1) is 5.92 Å². The Balaban J connectivity index is 1.42. The maximum absolute atomic E-state index is 13.9. The molecule has 0 unspecified atom stereocenters. The van der Waals surface area contributed by atoms with E-state index in [1.807, 2.05) is 55.1 Å². The smallest absolute Gasteiger partial charge is 0.254 e. The van der Waals surface area contributed by atoms with Gasteiger partial charge in [0.15, 0.2) is 11.5 Å². The minimum absolute atomic E-state index is 0.00790. The highest BCUT2D eigenvalue weighted by atomic mass is 16.5. The van der Waals surface area contributed by atoms with Crippen LogP contribution in [0.3, 0.4) is 0 Å². The summed E-state index contributed by atoms with van der Waals surface area (Å²) in [5, 5.41) is 3.23. The van der Waals surface area contributed by atoms with E-state index < -0.39 is 5.92 Å². The number of ether oxygens (including phenoxy) is 2. The number of rotatable bonds is 9. The average molecular weight is 520 g/mol. The second kappa shape index (κ2) is 11.8. The third-order valence-corrected chi connectivity index (χ3v) is 8.29. The van der Waals surface area contributed by atoms with Crippen molar-refractivity contribution >= 4 is 11.8 Å². The maximum Gasteiger partial charge on any atom is 0.254 e. The Morgan fingerprint density at radius 2 is 1.71 bits per heavy atom. The van der Waals surface area contributed by atoms with E-state index >= 15 is 0 Å². The number of fused-ring (bicyclic) bond motifs is 4. The fourth-order valence-corrected chi connectivity index (χ4v) is 6.26. The summed E-state index contributed by atoms with van der Waals surface area (Å²) in [6, 6.07) is 11.3. The SMILES string of the molecule is CCOc1cc2c(cc1OCC)[C@@H]1[C@@H](C(=O)NCCCN3CCC(C)CC3)c3ccccc3C(=O)N1CC2. The molecule has 0 bridgehead atoms. The summed E-state index contributed by atoms with van der Waals surface area (Å²) in [4.78, 5) is 31.9. The van der Waals surface area contributed by atoms with Crippen LogP contribution in [0.15, 0.2) is 36.4 Å². The summed E-state index contributed by atoms with van der Waals surface area (Å²) >= 11 is 0. The first kappa shape index (κ1) is 26.5. The largest absolute Gasteiger partial charge is 0.490 e. The molecule has 5 rings (SSSR count). The Bertz CT molecular complexity index is 1160. The lowest BCUT2D eigenvalue weighted by atomic mass is 9.75. The molecule has 2 amide bonds. The molecule has 2 aromatic rings. The van der Waals surface area contributed by atoms with Gasteiger partial charge in [-0.3, -0.25) is 9.59 Å². The monoisotopic (exact) mass is 519 g/mol. The van der Waals surface area contributed by atoms with E-state index in [0.717, 1.165) is 60.8 Å². The molecule has 0 saturated carbocycles. The number of hydrogen-bond acceptors (Lipinski definition) is 5. The number of nitrogens with one attached hydrogen (secondary N) is 1. The number of benzene rings is 2. The average Bonchev–Trinajstić information content (AvgIpc) is 2.93. The zero-order valence-electron chi connectivity index (χ0n) is 23.0. The topological polar surface area (TPSA) is 71.1 Å². The second-order valence-corrected chi connectivity index (χ2v) is 10.8. The summed E-state index contributed by atoms with van der Waals surface area (Å²) < 4.78 is 11.8. The molecule has 3 aliphatic heterocycles. The van der Waals surface area contributed by atoms with E-state index in [9.17, 15) is 9.59 Å². The summed E-state index contributed by atoms with van der Waals surface area (Å²) in [6.07, 6.45) is 4.15. The van der Waals surface area contributed by atoms with Crippen LogP contribution < -0.4 is 14.8 Å². The van der Waals surface area contributed by atoms with Crippen molar-refractivity contribution in [2.75, 3.05) is 45.9 Å². The molecular weight excluding hydrogens is 478 g/mol. The van der Waals surface area contributed by atoms with Crippen molar-refractivity contribution in [3.05, 3.63) is 58.7 Å². The number of piperidine rings is 1. The van der Waals surface area contributed by atoms with E-state index in [2.05, 4.69) is 17.1 Å². The lowest BCUT2D eigenvalue weighted by Crippen LogP contribution is -2.50. The Morgan fingerprint density at radius 3 is 2.45 bits per heavy atom. The lowest BCUT2D eigenvalue weighted by molar-refractivity contribution is -0.124. The molecule has 2 aromatic carbocycles. The summed E-state index contributed by atoms with van der Waals surface area (Å²) in [6.45, 7) is 11.8. The lowest BCUT2D eigenvalue weighted by Gasteiger charge is -2.45. The van der Waals surface area contributed by atoms with Gasteiger partial charge in [-0.05, 0) is 100.0 Å². The molecular formula is C31H41N3O4. The molecule has 3 aliphatic rings. The highest BCUT2D eigenvalue weighted by molar-refractivity contribution is 6.01. The van der Waals surface area contributed by atoms with Crippen molar-refractivity contribution < 1.29 is 19.1 Å². The zero-order valence-corrected chi connectivity index (χ0v) is 23.0. The quantitative estimate of drug-likeness (QED) is 0.492. The van der Waals surface area contributed by atoms with Crippen LogP contribution in [-0.2, 0) is 11.2 Å². The Morgan fingerprint density at radius 1 is 1.00 bits per heavy atom. The fourth-order valence-electron chi connectivity index (χ4n) is 6.26. The van der Waals surface area contributed by atoms with Crippen LogP contribution in [0.1, 0.15) is 79.0 Å². The second-order valence-electron chi connectivity index (χ2n) is 10.8. The van der Waals surface area contributed by atoms with E-state index in [1.54, 1.807) is 0 Å². The van der Waals surface area contributed by atoms with Gasteiger partial charge in [-0.15, -0.1) is 0 Å². The van der Waals surface area contributed by atoms with Gasteiger partial charge in [-0.1, -0.05) is 25.1 Å². The van der Waals surface area contributed by atoms with Crippen molar-refractivity contribution in [2.24, 2.45) is 5.92 Å². The van der Waals surface area contributed by atoms with Gasteiger partial charge < -0.3 is 24.6 Å². The van der Waals surface area contributed by atoms with Crippen molar-refractivity contribution in [1.29, 1.82) is 0 Å². The predicted molar refractivity (Wildman–Crippen MR) is 148 cm³/mol. The third kappa shape index (κ3) is 5.26. The van der Waals surface area contributed by atoms with E-state index in [-0.39, 0.29) is 17.9 Å². The van der Waals surface area contributed by atoms with Gasteiger partial charge in [0.1, 0.15) is 0 Å². The molecule has 0 spiro atoms. The number of likely N-dealkylation sites (tertiary alicyclic amines) is 1. The molecule has 3 heterocycles. The fraction of sp³-hybridized carbons (Fsp3) is 0.548. The van der Waals surface area contributed by atoms with Gasteiger partial charge in [-0.25, -0.2) is 0 Å². The third-order valence-electron chi connectivity index (χ3n) is 8.29. The van der Waals surface area contributed by atoms with Crippen molar-refractivity contribution in [1.82, 2.24) is 15.1 Å². The minimum Gasteiger partial charge on any atom is -0.490 e. The number of amides is 2. The predicted octanol–water partition coefficient (Wildman–Crippen LogP) is 4.56. The molecule has 0 aliphatic carbocycles. The van der Waals surface area contributed by atoms with Gasteiger partial charge >= 0.3 is 0 Å². The number of nitrogens with zero attached hydrogens (tertiary/aromatic N) is 2. The normalized spacial score (nSPS) is 21.3. The van der Waals surface area contributed by atoms with E-state index in [4.69, 9.17) is 9.47 Å². The molecule has 1 N–H and O–H groups in total. The maximum atomic E-state index is 13.9. The van der Waals surface area contributed by atoms with Crippen molar-refractivity contribution in [2.45, 2.75) is 58.4 Å². The molecule has 1 fully saturated rings. The van der Waals surface area contributed by atoms with Crippen molar-refractivity contribution in [3.63, 3.8) is 0 Å². The zero-order chi connectivity index (χ0) is 26.6. The highest BCUT2D eigenvalue weighted by Crippen LogP contribution is 2.48. The Labute approximate surface area is 226 Å². The molecule has 1 saturated heterocycles. The van der Waals surface area contributed by atoms with Gasteiger partial charge in [-0.2, -0.15) is 0 Å². The van der Waals surface area contributed by atoms with Gasteiger partial charge in [0.2, 0.25) is 5.91 Å². The first-order chi connectivity index (χ1) is 18.5. The number of hydrogen-bond donors (Lipinski definition) is 1. The van der Waals surface area contributed by atoms with Crippen molar-refractivity contribution in [3.8, 4) is 11.5 Å². The van der Waals surface area contributed by atoms with Crippen LogP contribution >= 0.6 is 0 Å². The molecule has 2 atom stereocenters. The van der Waals surface area contributed by atoms with E-state index in [1.165, 1.54) is 12.8 Å². The standard InChI is InChI=1S/C31H41N3O4/c1-4-37-26-19-22-13-18-34-29(25(22)20-27(26)38-5-2)28(23-9-6-7-10-24(23)31(34)36)30(35)32-14-8-15-33-16-11-21(3)12-17-33/h6-7,9-10,19-21,28-29H,4-5,8,11-18H2,1-3H3,(H,32,35)/t28-,29+/m0/s1. The van der Waals surface area contributed by atoms with Crippen LogP contribution in [0.5, 0.6) is 11.5 Å². The highest BCUT2D eigenvalue weighted by Gasteiger charge is 2.46. The molecule has 7 nitrogen and oxygen atoms in total. The summed E-state index contributed by atoms with van der Waals surface area (Å²) in [5.41, 5.74) is 3.53. The van der Waals surface area contributed by atoms with E-state index in [0.29, 0.717) is 37.6 Å². The van der Waals surface area contributed by atoms with Crippen LogP contribution in [-0.4, -0.2) is 67.6 Å². The molecule has 38 heavy (non-hydrogen) atoms. The van der Waals surface area contributed by atoms with Gasteiger partial charge in [0.25, 0.3) is 5.91 Å². The van der Waals surface area contributed by atoms with Crippen LogP contribution in [0.4, 0.5) is 0 Å². The van der Waals surface area contributed by atoms with Crippen LogP contribution in [0.2, 0.25) is 0 Å². The molecule has 7 heteroatoms. The molecule has 204 valence electrons. The van der Waals surface area contributed by atoms with Gasteiger partial charge in [0, 0.05) is 18.7 Å². The molecule has 0 radical (unpaired) electrons. The molecule has 0 aromatic heterocycles. The Kier molecular flexibility index (Phi) is 8.22. The first-order valence-electron chi connectivity index (χ1n) is 14.3. The first-order valence-corrected chi connectivity index (χ1v) is 14.3. The van der Waals surface area contributed by atoms with Crippen LogP contribution in [0.25, 0.3) is 0 Å². The summed E-state index contributed by atoms with van der Waals surface area (Å²) in [7, 11) is 0. The minimum atomic E-state index is -0.480.